The number of aromatic nitrogens is 2. The van der Waals surface area contributed by atoms with E-state index in [1.165, 1.54) is 0 Å². The quantitative estimate of drug-likeness (QED) is 0.370. The van der Waals surface area contributed by atoms with Gasteiger partial charge in [-0.15, -0.1) is 0 Å². The van der Waals surface area contributed by atoms with E-state index in [1.807, 2.05) is 25.9 Å². The minimum Gasteiger partial charge on any atom is -0.363 e. The number of nitrogen functional groups attached to an aromatic ring is 1. The van der Waals surface area contributed by atoms with Gasteiger partial charge in [0.25, 0.3) is 0 Å². The summed E-state index contributed by atoms with van der Waals surface area (Å²) < 4.78 is 0. The Morgan fingerprint density at radius 3 is 2.78 bits per heavy atom. The molecule has 0 aliphatic carbocycles. The van der Waals surface area contributed by atoms with Crippen molar-refractivity contribution in [3.63, 3.8) is 0 Å². The van der Waals surface area contributed by atoms with Crippen LogP contribution >= 0.6 is 0 Å². The number of hydrazine groups is 1. The van der Waals surface area contributed by atoms with Crippen LogP contribution in [-0.2, 0) is 0 Å². The smallest absolute Gasteiger partial charge is 0.329 e. The van der Waals surface area contributed by atoms with Crippen LogP contribution in [0.3, 0.4) is 0 Å². The average molecular weight is 255 g/mol. The molecule has 1 heterocycles. The number of nitro groups is 1. The molecule has 0 amide bonds. The van der Waals surface area contributed by atoms with Crippen molar-refractivity contribution in [2.75, 3.05) is 31.4 Å². The summed E-state index contributed by atoms with van der Waals surface area (Å²) in [6.07, 6.45) is 1.12. The lowest BCUT2D eigenvalue weighted by molar-refractivity contribution is -0.384. The molecule has 1 unspecified atom stereocenters. The summed E-state index contributed by atoms with van der Waals surface area (Å²) in [5.74, 6) is 5.44. The molecule has 0 aromatic carbocycles. The molecule has 1 aromatic heterocycles. The molecule has 1 aromatic rings. The standard InChI is InChI=1S/C9H17N7O2/c1-6(15(2)3)4-11-8-7(16(17)18)5-12-9(13-8)14-10/h5-6H,4,10H2,1-3H3,(H2,11,12,13,14). The van der Waals surface area contributed by atoms with E-state index in [-0.39, 0.29) is 23.5 Å². The van der Waals surface area contributed by atoms with E-state index < -0.39 is 4.92 Å². The third-order valence-electron chi connectivity index (χ3n) is 2.54. The van der Waals surface area contributed by atoms with Crippen molar-refractivity contribution in [2.45, 2.75) is 13.0 Å². The van der Waals surface area contributed by atoms with Crippen LogP contribution in [0.25, 0.3) is 0 Å². The number of hydrogen-bond donors (Lipinski definition) is 3. The predicted octanol–water partition coefficient (Wildman–Crippen LogP) is 0.0324. The Morgan fingerprint density at radius 2 is 2.28 bits per heavy atom. The van der Waals surface area contributed by atoms with Gasteiger partial charge in [0.1, 0.15) is 6.20 Å². The molecule has 9 nitrogen and oxygen atoms in total. The number of nitrogens with zero attached hydrogens (tertiary/aromatic N) is 4. The van der Waals surface area contributed by atoms with E-state index in [9.17, 15) is 10.1 Å². The highest BCUT2D eigenvalue weighted by molar-refractivity contribution is 5.56. The molecule has 0 aliphatic rings. The van der Waals surface area contributed by atoms with Crippen LogP contribution < -0.4 is 16.6 Å². The zero-order valence-corrected chi connectivity index (χ0v) is 10.5. The maximum Gasteiger partial charge on any atom is 0.329 e. The van der Waals surface area contributed by atoms with Crippen LogP contribution in [0.5, 0.6) is 0 Å². The Kier molecular flexibility index (Phi) is 4.75. The number of nitrogens with one attached hydrogen (secondary N) is 2. The van der Waals surface area contributed by atoms with Gasteiger partial charge >= 0.3 is 5.69 Å². The Hall–Kier alpha value is -2.00. The molecule has 0 fully saturated rings. The minimum absolute atomic E-state index is 0.126. The second kappa shape index (κ2) is 6.07. The second-order valence-electron chi connectivity index (χ2n) is 4.02. The van der Waals surface area contributed by atoms with Crippen molar-refractivity contribution < 1.29 is 4.92 Å². The summed E-state index contributed by atoms with van der Waals surface area (Å²) in [7, 11) is 3.85. The molecule has 1 rings (SSSR count). The van der Waals surface area contributed by atoms with Crippen LogP contribution in [0.2, 0.25) is 0 Å². The van der Waals surface area contributed by atoms with Gasteiger partial charge in [-0.25, -0.2) is 10.8 Å². The average Bonchev–Trinajstić information content (AvgIpc) is 2.34. The lowest BCUT2D eigenvalue weighted by Gasteiger charge is -2.20. The first-order valence-corrected chi connectivity index (χ1v) is 5.34. The molecule has 1 atom stereocenters. The Morgan fingerprint density at radius 1 is 1.61 bits per heavy atom. The highest BCUT2D eigenvalue weighted by atomic mass is 16.6. The van der Waals surface area contributed by atoms with Gasteiger partial charge in [0.15, 0.2) is 0 Å². The van der Waals surface area contributed by atoms with Gasteiger partial charge in [-0.3, -0.25) is 15.5 Å². The zero-order valence-electron chi connectivity index (χ0n) is 10.5. The van der Waals surface area contributed by atoms with Gasteiger partial charge in [-0.05, 0) is 21.0 Å². The molecule has 18 heavy (non-hydrogen) atoms. The van der Waals surface area contributed by atoms with E-state index >= 15 is 0 Å². The first-order chi connectivity index (χ1) is 8.45. The molecule has 0 radical (unpaired) electrons. The monoisotopic (exact) mass is 255 g/mol. The van der Waals surface area contributed by atoms with Crippen molar-refractivity contribution in [2.24, 2.45) is 5.84 Å². The summed E-state index contributed by atoms with van der Waals surface area (Å²) in [6, 6.07) is 0.203. The van der Waals surface area contributed by atoms with Crippen LogP contribution in [-0.4, -0.2) is 46.5 Å². The Labute approximate surface area is 105 Å². The lowest BCUT2D eigenvalue weighted by Crippen LogP contribution is -2.32. The summed E-state index contributed by atoms with van der Waals surface area (Å²) >= 11 is 0. The molecule has 4 N–H and O–H groups in total. The lowest BCUT2D eigenvalue weighted by atomic mass is 10.3. The van der Waals surface area contributed by atoms with Gasteiger partial charge < -0.3 is 10.2 Å². The third kappa shape index (κ3) is 3.50. The first kappa shape index (κ1) is 14.1. The largest absolute Gasteiger partial charge is 0.363 e. The first-order valence-electron chi connectivity index (χ1n) is 5.34. The highest BCUT2D eigenvalue weighted by Gasteiger charge is 2.17. The molecular formula is C9H17N7O2. The van der Waals surface area contributed by atoms with Crippen LogP contribution in [0.1, 0.15) is 6.92 Å². The number of nitrogens with two attached hydrogens (primary N) is 1. The minimum atomic E-state index is -0.539. The number of likely N-dealkylation sites (N-methyl/N-ethyl adjacent to an activating group) is 1. The number of hydrogen-bond acceptors (Lipinski definition) is 8. The van der Waals surface area contributed by atoms with Gasteiger partial charge in [-0.2, -0.15) is 4.98 Å². The topological polar surface area (TPSA) is 122 Å². The van der Waals surface area contributed by atoms with E-state index in [2.05, 4.69) is 20.7 Å². The van der Waals surface area contributed by atoms with Crippen LogP contribution in [0, 0.1) is 10.1 Å². The van der Waals surface area contributed by atoms with E-state index in [4.69, 9.17) is 5.84 Å². The second-order valence-corrected chi connectivity index (χ2v) is 4.02. The zero-order chi connectivity index (χ0) is 13.7. The maximum atomic E-state index is 10.8. The summed E-state index contributed by atoms with van der Waals surface area (Å²) in [4.78, 5) is 19.9. The molecular weight excluding hydrogens is 238 g/mol. The summed E-state index contributed by atoms with van der Waals surface area (Å²) in [5, 5.41) is 13.7. The highest BCUT2D eigenvalue weighted by Crippen LogP contribution is 2.21. The fourth-order valence-corrected chi connectivity index (χ4v) is 1.14. The molecule has 0 aliphatic heterocycles. The van der Waals surface area contributed by atoms with Crippen molar-refractivity contribution in [1.29, 1.82) is 0 Å². The fraction of sp³-hybridized carbons (Fsp3) is 0.556. The maximum absolute atomic E-state index is 10.8. The SMILES string of the molecule is CC(CNc1nc(NN)ncc1[N+](=O)[O-])N(C)C. The normalized spacial score (nSPS) is 12.3. The van der Waals surface area contributed by atoms with E-state index in [0.29, 0.717) is 6.54 Å². The summed E-state index contributed by atoms with van der Waals surface area (Å²) in [5.41, 5.74) is 2.07. The van der Waals surface area contributed by atoms with Crippen molar-refractivity contribution in [3.8, 4) is 0 Å². The van der Waals surface area contributed by atoms with Crippen LogP contribution in [0.4, 0.5) is 17.5 Å². The van der Waals surface area contributed by atoms with Gasteiger partial charge in [0, 0.05) is 12.6 Å². The Bertz CT molecular complexity index is 423. The number of rotatable bonds is 6. The van der Waals surface area contributed by atoms with E-state index in [1.54, 1.807) is 0 Å². The van der Waals surface area contributed by atoms with Crippen molar-refractivity contribution >= 4 is 17.5 Å². The van der Waals surface area contributed by atoms with Gasteiger partial charge in [0.2, 0.25) is 11.8 Å². The fourth-order valence-electron chi connectivity index (χ4n) is 1.14. The molecule has 0 saturated heterocycles. The molecule has 0 saturated carbocycles. The predicted molar refractivity (Wildman–Crippen MR) is 68.1 cm³/mol. The number of anilines is 2. The Balaban J connectivity index is 2.87. The van der Waals surface area contributed by atoms with Crippen molar-refractivity contribution in [1.82, 2.24) is 14.9 Å². The van der Waals surface area contributed by atoms with Crippen molar-refractivity contribution in [3.05, 3.63) is 16.3 Å². The van der Waals surface area contributed by atoms with Crippen LogP contribution in [0.15, 0.2) is 6.20 Å². The molecule has 100 valence electrons. The van der Waals surface area contributed by atoms with Gasteiger partial charge in [-0.1, -0.05) is 0 Å². The third-order valence-corrected chi connectivity index (χ3v) is 2.54. The van der Waals surface area contributed by atoms with Gasteiger partial charge in [0.05, 0.1) is 4.92 Å². The van der Waals surface area contributed by atoms with E-state index in [0.717, 1.165) is 6.20 Å². The molecule has 0 spiro atoms. The summed E-state index contributed by atoms with van der Waals surface area (Å²) in [6.45, 7) is 2.51. The molecule has 0 bridgehead atoms. The molecule has 9 heteroatoms.